The van der Waals surface area contributed by atoms with Crippen molar-refractivity contribution in [1.29, 1.82) is 0 Å². The Morgan fingerprint density at radius 2 is 2.08 bits per heavy atom. The number of nitrogens with zero attached hydrogens (tertiary/aromatic N) is 2. The first-order valence-electron chi connectivity index (χ1n) is 3.16. The molecule has 2 nitrogen and oxygen atoms in total. The van der Waals surface area contributed by atoms with E-state index in [1.807, 2.05) is 22.9 Å². The van der Waals surface area contributed by atoms with Crippen molar-refractivity contribution in [1.82, 2.24) is 9.38 Å². The minimum absolute atomic E-state index is 0.852. The standard InChI is InChI=1S/C7H3Br2IN2/c8-5-1-4(10)2-12-3-6(9)11-7(5)12/h1-3H. The van der Waals surface area contributed by atoms with Crippen molar-refractivity contribution < 1.29 is 0 Å². The number of halogens is 3. The molecule has 0 aliphatic rings. The second-order valence-electron chi connectivity index (χ2n) is 2.30. The van der Waals surface area contributed by atoms with Crippen molar-refractivity contribution in [3.8, 4) is 0 Å². The Morgan fingerprint density at radius 3 is 2.83 bits per heavy atom. The Bertz CT molecular complexity index is 438. The van der Waals surface area contributed by atoms with E-state index >= 15 is 0 Å². The SMILES string of the molecule is Brc1cn2cc(I)cc(Br)c2n1. The molecule has 0 saturated carbocycles. The lowest BCUT2D eigenvalue weighted by Gasteiger charge is -1.96. The minimum atomic E-state index is 0.852. The average molecular weight is 402 g/mol. The van der Waals surface area contributed by atoms with Gasteiger partial charge in [-0.15, -0.1) is 0 Å². The van der Waals surface area contributed by atoms with E-state index in [9.17, 15) is 0 Å². The van der Waals surface area contributed by atoms with Crippen LogP contribution in [0.25, 0.3) is 5.65 Å². The third-order valence-electron chi connectivity index (χ3n) is 1.44. The maximum atomic E-state index is 4.28. The summed E-state index contributed by atoms with van der Waals surface area (Å²) in [6, 6.07) is 2.04. The summed E-state index contributed by atoms with van der Waals surface area (Å²) in [4.78, 5) is 4.28. The van der Waals surface area contributed by atoms with Gasteiger partial charge in [-0.05, 0) is 60.5 Å². The van der Waals surface area contributed by atoms with E-state index in [1.165, 1.54) is 3.57 Å². The normalized spacial score (nSPS) is 10.9. The Balaban J connectivity index is 2.88. The van der Waals surface area contributed by atoms with Gasteiger partial charge in [0, 0.05) is 16.0 Å². The van der Waals surface area contributed by atoms with Crippen molar-refractivity contribution in [2.75, 3.05) is 0 Å². The number of hydrogen-bond acceptors (Lipinski definition) is 1. The van der Waals surface area contributed by atoms with Gasteiger partial charge in [0.2, 0.25) is 0 Å². The van der Waals surface area contributed by atoms with Crippen LogP contribution < -0.4 is 0 Å². The van der Waals surface area contributed by atoms with Gasteiger partial charge in [-0.2, -0.15) is 0 Å². The fourth-order valence-electron chi connectivity index (χ4n) is 0.995. The molecule has 0 aliphatic heterocycles. The van der Waals surface area contributed by atoms with Crippen molar-refractivity contribution in [3.63, 3.8) is 0 Å². The lowest BCUT2D eigenvalue weighted by atomic mass is 10.5. The van der Waals surface area contributed by atoms with E-state index in [0.29, 0.717) is 0 Å². The van der Waals surface area contributed by atoms with Crippen molar-refractivity contribution in [2.24, 2.45) is 0 Å². The summed E-state index contributed by atoms with van der Waals surface area (Å²) < 4.78 is 5.03. The molecule has 62 valence electrons. The molecule has 0 amide bonds. The molecule has 0 aromatic carbocycles. The quantitative estimate of drug-likeness (QED) is 0.618. The fourth-order valence-corrected chi connectivity index (χ4v) is 2.96. The van der Waals surface area contributed by atoms with E-state index in [2.05, 4.69) is 59.4 Å². The van der Waals surface area contributed by atoms with E-state index in [0.717, 1.165) is 14.7 Å². The molecule has 0 radical (unpaired) electrons. The molecular formula is C7H3Br2IN2. The van der Waals surface area contributed by atoms with Gasteiger partial charge in [-0.25, -0.2) is 4.98 Å². The molecule has 2 aromatic heterocycles. The van der Waals surface area contributed by atoms with Gasteiger partial charge in [0.05, 0.1) is 4.47 Å². The molecule has 5 heteroatoms. The molecule has 2 aromatic rings. The van der Waals surface area contributed by atoms with Gasteiger partial charge >= 0.3 is 0 Å². The Kier molecular flexibility index (Phi) is 2.44. The molecule has 12 heavy (non-hydrogen) atoms. The van der Waals surface area contributed by atoms with Crippen LogP contribution in [0, 0.1) is 3.57 Å². The molecular weight excluding hydrogens is 399 g/mol. The predicted molar refractivity (Wildman–Crippen MR) is 63.3 cm³/mol. The zero-order chi connectivity index (χ0) is 8.72. The topological polar surface area (TPSA) is 17.3 Å². The van der Waals surface area contributed by atoms with Crippen LogP contribution in [0.5, 0.6) is 0 Å². The summed E-state index contributed by atoms with van der Waals surface area (Å²) in [5.41, 5.74) is 0.933. The van der Waals surface area contributed by atoms with Crippen LogP contribution in [0.4, 0.5) is 0 Å². The summed E-state index contributed by atoms with van der Waals surface area (Å²) >= 11 is 9.05. The first-order chi connectivity index (χ1) is 5.66. The Hall–Kier alpha value is 0.380. The molecule has 0 bridgehead atoms. The van der Waals surface area contributed by atoms with Crippen LogP contribution in [0.3, 0.4) is 0 Å². The number of fused-ring (bicyclic) bond motifs is 1. The lowest BCUT2D eigenvalue weighted by molar-refractivity contribution is 1.16. The average Bonchev–Trinajstić information content (AvgIpc) is 2.29. The monoisotopic (exact) mass is 400 g/mol. The lowest BCUT2D eigenvalue weighted by Crippen LogP contribution is -1.85. The summed E-state index contributed by atoms with van der Waals surface area (Å²) in [6.07, 6.45) is 3.96. The van der Waals surface area contributed by atoms with Gasteiger partial charge in [0.1, 0.15) is 4.60 Å². The van der Waals surface area contributed by atoms with Gasteiger partial charge < -0.3 is 4.40 Å². The van der Waals surface area contributed by atoms with Crippen molar-refractivity contribution in [3.05, 3.63) is 31.1 Å². The molecule has 2 rings (SSSR count). The van der Waals surface area contributed by atoms with Crippen molar-refractivity contribution in [2.45, 2.75) is 0 Å². The zero-order valence-corrected chi connectivity index (χ0v) is 11.1. The summed E-state index contributed by atoms with van der Waals surface area (Å²) in [5, 5.41) is 0. The highest BCUT2D eigenvalue weighted by molar-refractivity contribution is 14.1. The van der Waals surface area contributed by atoms with Crippen LogP contribution in [-0.4, -0.2) is 9.38 Å². The Morgan fingerprint density at radius 1 is 1.33 bits per heavy atom. The molecule has 0 fully saturated rings. The molecule has 0 N–H and O–H groups in total. The number of hydrogen-bond donors (Lipinski definition) is 0. The smallest absolute Gasteiger partial charge is 0.152 e. The van der Waals surface area contributed by atoms with Crippen LogP contribution in [0.2, 0.25) is 0 Å². The number of imidazole rings is 1. The highest BCUT2D eigenvalue weighted by atomic mass is 127. The fraction of sp³-hybridized carbons (Fsp3) is 0. The number of pyridine rings is 1. The van der Waals surface area contributed by atoms with E-state index in [1.54, 1.807) is 0 Å². The highest BCUT2D eigenvalue weighted by Gasteiger charge is 2.03. The Labute approximate surface area is 99.8 Å². The van der Waals surface area contributed by atoms with E-state index < -0.39 is 0 Å². The maximum Gasteiger partial charge on any atom is 0.152 e. The second kappa shape index (κ2) is 3.26. The third kappa shape index (κ3) is 1.54. The summed E-state index contributed by atoms with van der Waals surface area (Å²) in [6.45, 7) is 0. The van der Waals surface area contributed by atoms with Gasteiger partial charge in [-0.1, -0.05) is 0 Å². The molecule has 0 aliphatic carbocycles. The second-order valence-corrected chi connectivity index (χ2v) is 5.21. The van der Waals surface area contributed by atoms with Crippen LogP contribution >= 0.6 is 54.5 Å². The molecule has 0 unspecified atom stereocenters. The largest absolute Gasteiger partial charge is 0.304 e. The number of rotatable bonds is 0. The van der Waals surface area contributed by atoms with Crippen molar-refractivity contribution >= 4 is 60.1 Å². The summed E-state index contributed by atoms with van der Waals surface area (Å²) in [5.74, 6) is 0. The van der Waals surface area contributed by atoms with Gasteiger partial charge in [0.25, 0.3) is 0 Å². The molecule has 0 saturated heterocycles. The molecule has 0 atom stereocenters. The third-order valence-corrected chi connectivity index (χ3v) is 3.00. The zero-order valence-electron chi connectivity index (χ0n) is 5.76. The molecule has 2 heterocycles. The predicted octanol–water partition coefficient (Wildman–Crippen LogP) is 3.46. The van der Waals surface area contributed by atoms with Gasteiger partial charge in [0.15, 0.2) is 5.65 Å². The highest BCUT2D eigenvalue weighted by Crippen LogP contribution is 2.22. The van der Waals surface area contributed by atoms with E-state index in [-0.39, 0.29) is 0 Å². The summed E-state index contributed by atoms with van der Waals surface area (Å²) in [7, 11) is 0. The maximum absolute atomic E-state index is 4.28. The number of aromatic nitrogens is 2. The minimum Gasteiger partial charge on any atom is -0.304 e. The molecule has 0 spiro atoms. The van der Waals surface area contributed by atoms with Gasteiger partial charge in [-0.3, -0.25) is 0 Å². The van der Waals surface area contributed by atoms with Crippen LogP contribution in [-0.2, 0) is 0 Å². The first kappa shape index (κ1) is 8.96. The van der Waals surface area contributed by atoms with Crippen LogP contribution in [0.1, 0.15) is 0 Å². The van der Waals surface area contributed by atoms with Crippen LogP contribution in [0.15, 0.2) is 27.5 Å². The first-order valence-corrected chi connectivity index (χ1v) is 5.82. The van der Waals surface area contributed by atoms with E-state index in [4.69, 9.17) is 0 Å².